The van der Waals surface area contributed by atoms with Gasteiger partial charge >= 0.3 is 0 Å². The normalized spacial score (nSPS) is 15.8. The molecule has 3 amide bonds. The quantitative estimate of drug-likeness (QED) is 0.471. The second-order valence-corrected chi connectivity index (χ2v) is 10.4. The fraction of sp³-hybridized carbons (Fsp3) is 0.357. The molecule has 0 bridgehead atoms. The van der Waals surface area contributed by atoms with E-state index in [1.165, 1.54) is 16.9 Å². The van der Waals surface area contributed by atoms with Gasteiger partial charge in [-0.15, -0.1) is 11.3 Å². The minimum Gasteiger partial charge on any atom is -0.340 e. The minimum atomic E-state index is -0.280. The van der Waals surface area contributed by atoms with Crippen LogP contribution in [0.4, 0.5) is 5.13 Å². The first-order chi connectivity index (χ1) is 18.0. The number of hydrogen-bond acceptors (Lipinski definition) is 6. The van der Waals surface area contributed by atoms with E-state index in [1.807, 2.05) is 46.7 Å². The Balaban J connectivity index is 1.09. The number of rotatable bonds is 9. The standard InChI is InChI=1S/C28H31N5O3S/c34-25(19-33(24-11-12-24)27(36)22-9-5-2-6-10-22)30-28-29-23(20-37-28)17-26(35)32-15-13-31(14-16-32)18-21-7-3-1-4-8-21/h1-10,20,24H,11-19H2,(H,29,30,34). The van der Waals surface area contributed by atoms with Gasteiger partial charge in [-0.1, -0.05) is 48.5 Å². The van der Waals surface area contributed by atoms with Crippen LogP contribution in [0.1, 0.15) is 34.5 Å². The predicted molar refractivity (Wildman–Crippen MR) is 143 cm³/mol. The summed E-state index contributed by atoms with van der Waals surface area (Å²) >= 11 is 1.30. The van der Waals surface area contributed by atoms with Gasteiger partial charge in [-0.25, -0.2) is 4.98 Å². The number of hydrogen-bond donors (Lipinski definition) is 1. The number of thiazole rings is 1. The van der Waals surface area contributed by atoms with Gasteiger partial charge in [0.15, 0.2) is 5.13 Å². The number of nitrogens with one attached hydrogen (secondary N) is 1. The lowest BCUT2D eigenvalue weighted by atomic mass is 10.2. The Morgan fingerprint density at radius 1 is 0.946 bits per heavy atom. The molecule has 1 aliphatic heterocycles. The van der Waals surface area contributed by atoms with Crippen molar-refractivity contribution in [3.63, 3.8) is 0 Å². The van der Waals surface area contributed by atoms with Gasteiger partial charge in [-0.2, -0.15) is 0 Å². The second-order valence-electron chi connectivity index (χ2n) is 9.54. The molecule has 2 aromatic carbocycles. The van der Waals surface area contributed by atoms with E-state index >= 15 is 0 Å². The Morgan fingerprint density at radius 2 is 1.62 bits per heavy atom. The first-order valence-electron chi connectivity index (χ1n) is 12.7. The molecule has 1 saturated carbocycles. The van der Waals surface area contributed by atoms with Crippen LogP contribution in [0.2, 0.25) is 0 Å². The molecule has 0 spiro atoms. The summed E-state index contributed by atoms with van der Waals surface area (Å²) in [4.78, 5) is 48.8. The summed E-state index contributed by atoms with van der Waals surface area (Å²) in [6.07, 6.45) is 2.04. The van der Waals surface area contributed by atoms with E-state index in [0.717, 1.165) is 32.5 Å². The van der Waals surface area contributed by atoms with Gasteiger partial charge in [0.05, 0.1) is 12.1 Å². The summed E-state index contributed by atoms with van der Waals surface area (Å²) in [5.41, 5.74) is 2.51. The number of nitrogens with zero attached hydrogens (tertiary/aromatic N) is 4. The number of carbonyl (C=O) groups is 3. The number of carbonyl (C=O) groups excluding carboxylic acids is 3. The van der Waals surface area contributed by atoms with E-state index in [1.54, 1.807) is 17.0 Å². The molecule has 2 aliphatic rings. The maximum atomic E-state index is 12.9. The van der Waals surface area contributed by atoms with Crippen LogP contribution in [0.15, 0.2) is 66.0 Å². The third-order valence-electron chi connectivity index (χ3n) is 6.69. The van der Waals surface area contributed by atoms with E-state index < -0.39 is 0 Å². The van der Waals surface area contributed by atoms with E-state index in [-0.39, 0.29) is 36.7 Å². The zero-order chi connectivity index (χ0) is 25.6. The van der Waals surface area contributed by atoms with E-state index in [2.05, 4.69) is 27.3 Å². The molecule has 1 aliphatic carbocycles. The summed E-state index contributed by atoms with van der Waals surface area (Å²) in [5.74, 6) is -0.360. The van der Waals surface area contributed by atoms with Crippen LogP contribution in [-0.2, 0) is 22.6 Å². The second kappa shape index (κ2) is 11.7. The highest BCUT2D eigenvalue weighted by molar-refractivity contribution is 7.13. The molecule has 37 heavy (non-hydrogen) atoms. The van der Waals surface area contributed by atoms with Crippen molar-refractivity contribution in [3.05, 3.63) is 82.9 Å². The average molecular weight is 518 g/mol. The highest BCUT2D eigenvalue weighted by Crippen LogP contribution is 2.28. The third kappa shape index (κ3) is 6.81. The molecule has 0 atom stereocenters. The van der Waals surface area contributed by atoms with Crippen LogP contribution >= 0.6 is 11.3 Å². The number of benzene rings is 2. The molecule has 3 aromatic rings. The molecule has 8 nitrogen and oxygen atoms in total. The molecular formula is C28H31N5O3S. The van der Waals surface area contributed by atoms with Gasteiger partial charge < -0.3 is 15.1 Å². The van der Waals surface area contributed by atoms with Crippen LogP contribution in [0, 0.1) is 0 Å². The van der Waals surface area contributed by atoms with Crippen molar-refractivity contribution in [2.24, 2.45) is 0 Å². The van der Waals surface area contributed by atoms with Gasteiger partial charge in [-0.3, -0.25) is 19.3 Å². The Hall–Kier alpha value is -3.56. The highest BCUT2D eigenvalue weighted by Gasteiger charge is 2.34. The van der Waals surface area contributed by atoms with E-state index in [4.69, 9.17) is 0 Å². The van der Waals surface area contributed by atoms with Gasteiger partial charge in [0.2, 0.25) is 11.8 Å². The van der Waals surface area contributed by atoms with Gasteiger partial charge in [0.25, 0.3) is 5.91 Å². The molecule has 0 radical (unpaired) electrons. The number of anilines is 1. The smallest absolute Gasteiger partial charge is 0.254 e. The lowest BCUT2D eigenvalue weighted by Crippen LogP contribution is -2.48. The zero-order valence-corrected chi connectivity index (χ0v) is 21.5. The summed E-state index contributed by atoms with van der Waals surface area (Å²) in [7, 11) is 0. The topological polar surface area (TPSA) is 85.8 Å². The van der Waals surface area contributed by atoms with Crippen LogP contribution < -0.4 is 5.32 Å². The van der Waals surface area contributed by atoms with Gasteiger partial charge in [0.1, 0.15) is 6.54 Å². The van der Waals surface area contributed by atoms with E-state index in [9.17, 15) is 14.4 Å². The number of aromatic nitrogens is 1. The van der Waals surface area contributed by atoms with Crippen LogP contribution in [0.25, 0.3) is 0 Å². The van der Waals surface area contributed by atoms with Crippen molar-refractivity contribution in [2.45, 2.75) is 31.8 Å². The summed E-state index contributed by atoms with van der Waals surface area (Å²) in [6.45, 7) is 3.97. The average Bonchev–Trinajstić information content (AvgIpc) is 3.68. The molecule has 2 fully saturated rings. The largest absolute Gasteiger partial charge is 0.340 e. The van der Waals surface area contributed by atoms with Gasteiger partial charge in [-0.05, 0) is 30.5 Å². The lowest BCUT2D eigenvalue weighted by Gasteiger charge is -2.34. The van der Waals surface area contributed by atoms with Crippen molar-refractivity contribution in [2.75, 3.05) is 38.0 Å². The molecule has 0 unspecified atom stereocenters. The molecular weight excluding hydrogens is 486 g/mol. The van der Waals surface area contributed by atoms with Crippen LogP contribution in [0.3, 0.4) is 0 Å². The Labute approximate surface area is 220 Å². The van der Waals surface area contributed by atoms with E-state index in [0.29, 0.717) is 29.5 Å². The molecule has 9 heteroatoms. The first kappa shape index (κ1) is 25.1. The number of piperazine rings is 1. The third-order valence-corrected chi connectivity index (χ3v) is 7.49. The predicted octanol–water partition coefficient (Wildman–Crippen LogP) is 3.27. The van der Waals surface area contributed by atoms with Crippen molar-refractivity contribution in [3.8, 4) is 0 Å². The monoisotopic (exact) mass is 517 g/mol. The molecule has 1 saturated heterocycles. The fourth-order valence-corrected chi connectivity index (χ4v) is 5.25. The molecule has 1 N–H and O–H groups in total. The lowest BCUT2D eigenvalue weighted by molar-refractivity contribution is -0.132. The SMILES string of the molecule is O=C(CN(C(=O)c1ccccc1)C1CC1)Nc1nc(CC(=O)N2CCN(Cc3ccccc3)CC2)cs1. The molecule has 2 heterocycles. The van der Waals surface area contributed by atoms with Crippen molar-refractivity contribution >= 4 is 34.2 Å². The van der Waals surface area contributed by atoms with Crippen molar-refractivity contribution in [1.29, 1.82) is 0 Å². The summed E-state index contributed by atoms with van der Waals surface area (Å²) in [5, 5.41) is 5.07. The fourth-order valence-electron chi connectivity index (χ4n) is 4.52. The molecule has 1 aromatic heterocycles. The van der Waals surface area contributed by atoms with Gasteiger partial charge in [0, 0.05) is 49.7 Å². The Bertz CT molecular complexity index is 1220. The highest BCUT2D eigenvalue weighted by atomic mass is 32.1. The number of amides is 3. The zero-order valence-electron chi connectivity index (χ0n) is 20.7. The van der Waals surface area contributed by atoms with Crippen molar-refractivity contribution in [1.82, 2.24) is 19.7 Å². The van der Waals surface area contributed by atoms with Crippen LogP contribution in [0.5, 0.6) is 0 Å². The van der Waals surface area contributed by atoms with Crippen LogP contribution in [-0.4, -0.2) is 76.2 Å². The summed E-state index contributed by atoms with van der Waals surface area (Å²) < 4.78 is 0. The van der Waals surface area contributed by atoms with Crippen molar-refractivity contribution < 1.29 is 14.4 Å². The first-order valence-corrected chi connectivity index (χ1v) is 13.6. The molecule has 5 rings (SSSR count). The Morgan fingerprint density at radius 3 is 2.30 bits per heavy atom. The molecule has 192 valence electrons. The maximum Gasteiger partial charge on any atom is 0.254 e. The Kier molecular flexibility index (Phi) is 7.91. The summed E-state index contributed by atoms with van der Waals surface area (Å²) in [6, 6.07) is 19.5. The minimum absolute atomic E-state index is 0.0144. The maximum absolute atomic E-state index is 12.9.